The first-order chi connectivity index (χ1) is 6.97. The summed E-state index contributed by atoms with van der Waals surface area (Å²) < 4.78 is 0. The second-order valence-corrected chi connectivity index (χ2v) is 4.60. The average Bonchev–Trinajstić information content (AvgIpc) is 2.21. The molecule has 0 aromatic carbocycles. The molecule has 0 amide bonds. The summed E-state index contributed by atoms with van der Waals surface area (Å²) in [7, 11) is 0. The van der Waals surface area contributed by atoms with Crippen LogP contribution in [0, 0.1) is 12.3 Å². The molecule has 0 atom stereocenters. The lowest BCUT2D eigenvalue weighted by atomic mass is 9.83. The summed E-state index contributed by atoms with van der Waals surface area (Å²) in [6, 6.07) is 3.89. The highest BCUT2D eigenvalue weighted by Gasteiger charge is 2.25. The van der Waals surface area contributed by atoms with E-state index in [9.17, 15) is 4.79 Å². The summed E-state index contributed by atoms with van der Waals surface area (Å²) in [5.41, 5.74) is 1.77. The van der Waals surface area contributed by atoms with Crippen LogP contribution in [0.4, 0.5) is 0 Å². The summed E-state index contributed by atoms with van der Waals surface area (Å²) >= 11 is 0. The molecule has 1 heterocycles. The topological polar surface area (TPSA) is 30.0 Å². The van der Waals surface area contributed by atoms with E-state index in [1.165, 1.54) is 0 Å². The number of pyridine rings is 1. The number of nitrogens with zero attached hydrogens (tertiary/aromatic N) is 1. The standard InChI is InChI=1S/C13H19NO/c1-5-13(3,4)12(15)9-11-10(2)7-6-8-14-11/h6-8H,5,9H2,1-4H3. The zero-order chi connectivity index (χ0) is 11.5. The smallest absolute Gasteiger partial charge is 0.144 e. The highest BCUT2D eigenvalue weighted by atomic mass is 16.1. The summed E-state index contributed by atoms with van der Waals surface area (Å²) in [4.78, 5) is 16.2. The van der Waals surface area contributed by atoms with Gasteiger partial charge in [-0.15, -0.1) is 0 Å². The van der Waals surface area contributed by atoms with E-state index < -0.39 is 0 Å². The van der Waals surface area contributed by atoms with Gasteiger partial charge in [-0.25, -0.2) is 0 Å². The molecule has 0 saturated carbocycles. The van der Waals surface area contributed by atoms with Gasteiger partial charge in [0.2, 0.25) is 0 Å². The highest BCUT2D eigenvalue weighted by Crippen LogP contribution is 2.23. The third kappa shape index (κ3) is 2.88. The Morgan fingerprint density at radius 2 is 2.13 bits per heavy atom. The number of carbonyl (C=O) groups is 1. The van der Waals surface area contributed by atoms with Gasteiger partial charge in [-0.05, 0) is 25.0 Å². The molecule has 2 nitrogen and oxygen atoms in total. The minimum absolute atomic E-state index is 0.232. The predicted molar refractivity (Wildman–Crippen MR) is 61.8 cm³/mol. The molecule has 0 N–H and O–H groups in total. The van der Waals surface area contributed by atoms with Crippen molar-refractivity contribution < 1.29 is 4.79 Å². The van der Waals surface area contributed by atoms with Crippen LogP contribution in [-0.4, -0.2) is 10.8 Å². The lowest BCUT2D eigenvalue weighted by molar-refractivity contribution is -0.126. The number of hydrogen-bond acceptors (Lipinski definition) is 2. The molecule has 0 saturated heterocycles. The summed E-state index contributed by atoms with van der Waals surface area (Å²) in [5.74, 6) is 0.270. The first kappa shape index (κ1) is 11.9. The Balaban J connectivity index is 2.80. The fraction of sp³-hybridized carbons (Fsp3) is 0.538. The minimum atomic E-state index is -0.232. The number of Topliss-reactive ketones (excluding diaryl/α,β-unsaturated/α-hetero) is 1. The van der Waals surface area contributed by atoms with Crippen LogP contribution in [0.2, 0.25) is 0 Å². The molecule has 82 valence electrons. The van der Waals surface area contributed by atoms with Crippen LogP contribution in [0.5, 0.6) is 0 Å². The molecule has 0 aliphatic heterocycles. The minimum Gasteiger partial charge on any atom is -0.299 e. The van der Waals surface area contributed by atoms with E-state index in [4.69, 9.17) is 0 Å². The van der Waals surface area contributed by atoms with Crippen molar-refractivity contribution in [1.29, 1.82) is 0 Å². The molecular formula is C13H19NO. The van der Waals surface area contributed by atoms with Crippen LogP contribution in [0.15, 0.2) is 18.3 Å². The normalized spacial score (nSPS) is 11.5. The number of ketones is 1. The molecular weight excluding hydrogens is 186 g/mol. The van der Waals surface area contributed by atoms with Crippen LogP contribution in [0.25, 0.3) is 0 Å². The number of rotatable bonds is 4. The first-order valence-corrected chi connectivity index (χ1v) is 5.41. The summed E-state index contributed by atoms with van der Waals surface area (Å²) in [5, 5.41) is 0. The van der Waals surface area contributed by atoms with E-state index in [0.717, 1.165) is 17.7 Å². The molecule has 0 bridgehead atoms. The van der Waals surface area contributed by atoms with Crippen LogP contribution in [0.3, 0.4) is 0 Å². The molecule has 0 radical (unpaired) electrons. The van der Waals surface area contributed by atoms with Gasteiger partial charge in [0.15, 0.2) is 0 Å². The van der Waals surface area contributed by atoms with E-state index >= 15 is 0 Å². The maximum atomic E-state index is 12.0. The molecule has 1 aromatic heterocycles. The number of aryl methyl sites for hydroxylation is 1. The fourth-order valence-corrected chi connectivity index (χ4v) is 1.29. The zero-order valence-corrected chi connectivity index (χ0v) is 10.0. The Morgan fingerprint density at radius 3 is 2.67 bits per heavy atom. The number of aromatic nitrogens is 1. The Hall–Kier alpha value is -1.18. The molecule has 0 spiro atoms. The average molecular weight is 205 g/mol. The van der Waals surface area contributed by atoms with Crippen molar-refractivity contribution in [3.8, 4) is 0 Å². The van der Waals surface area contributed by atoms with Gasteiger partial charge in [0.25, 0.3) is 0 Å². The van der Waals surface area contributed by atoms with Gasteiger partial charge in [0, 0.05) is 18.0 Å². The van der Waals surface area contributed by atoms with Gasteiger partial charge in [-0.3, -0.25) is 9.78 Å². The number of hydrogen-bond donors (Lipinski definition) is 0. The van der Waals surface area contributed by atoms with Gasteiger partial charge in [0.05, 0.1) is 5.69 Å². The summed E-state index contributed by atoms with van der Waals surface area (Å²) in [6.07, 6.45) is 3.07. The Morgan fingerprint density at radius 1 is 1.47 bits per heavy atom. The second kappa shape index (κ2) is 4.56. The summed E-state index contributed by atoms with van der Waals surface area (Å²) in [6.45, 7) is 8.03. The highest BCUT2D eigenvalue weighted by molar-refractivity contribution is 5.85. The number of carbonyl (C=O) groups excluding carboxylic acids is 1. The van der Waals surface area contributed by atoms with Gasteiger partial charge in [0.1, 0.15) is 5.78 Å². The largest absolute Gasteiger partial charge is 0.299 e. The van der Waals surface area contributed by atoms with Crippen LogP contribution < -0.4 is 0 Å². The SMILES string of the molecule is CCC(C)(C)C(=O)Cc1ncccc1C. The zero-order valence-electron chi connectivity index (χ0n) is 10.0. The van der Waals surface area contributed by atoms with Gasteiger partial charge in [-0.2, -0.15) is 0 Å². The second-order valence-electron chi connectivity index (χ2n) is 4.60. The third-order valence-corrected chi connectivity index (χ3v) is 3.08. The van der Waals surface area contributed by atoms with Crippen molar-refractivity contribution in [1.82, 2.24) is 4.98 Å². The van der Waals surface area contributed by atoms with Crippen molar-refractivity contribution in [2.75, 3.05) is 0 Å². The molecule has 0 unspecified atom stereocenters. The maximum Gasteiger partial charge on any atom is 0.144 e. The van der Waals surface area contributed by atoms with Crippen molar-refractivity contribution in [3.05, 3.63) is 29.6 Å². The molecule has 2 heteroatoms. The lowest BCUT2D eigenvalue weighted by Gasteiger charge is -2.20. The Bertz CT molecular complexity index is 355. The van der Waals surface area contributed by atoms with Gasteiger partial charge >= 0.3 is 0 Å². The first-order valence-electron chi connectivity index (χ1n) is 5.41. The van der Waals surface area contributed by atoms with Gasteiger partial charge < -0.3 is 0 Å². The third-order valence-electron chi connectivity index (χ3n) is 3.08. The van der Waals surface area contributed by atoms with Gasteiger partial charge in [-0.1, -0.05) is 26.8 Å². The Kier molecular flexibility index (Phi) is 3.61. The van der Waals surface area contributed by atoms with E-state index in [-0.39, 0.29) is 11.2 Å². The molecule has 0 fully saturated rings. The molecule has 15 heavy (non-hydrogen) atoms. The van der Waals surface area contributed by atoms with E-state index in [0.29, 0.717) is 6.42 Å². The quantitative estimate of drug-likeness (QED) is 0.756. The monoisotopic (exact) mass is 205 g/mol. The molecule has 0 aliphatic carbocycles. The van der Waals surface area contributed by atoms with Crippen molar-refractivity contribution in [2.24, 2.45) is 5.41 Å². The Labute approximate surface area is 91.7 Å². The molecule has 1 aromatic rings. The van der Waals surface area contributed by atoms with Crippen molar-refractivity contribution in [2.45, 2.75) is 40.5 Å². The van der Waals surface area contributed by atoms with Crippen LogP contribution in [-0.2, 0) is 11.2 Å². The lowest BCUT2D eigenvalue weighted by Crippen LogP contribution is -2.25. The van der Waals surface area contributed by atoms with E-state index in [1.807, 2.05) is 39.8 Å². The van der Waals surface area contributed by atoms with E-state index in [2.05, 4.69) is 4.98 Å². The molecule has 1 rings (SSSR count). The van der Waals surface area contributed by atoms with E-state index in [1.54, 1.807) is 6.20 Å². The van der Waals surface area contributed by atoms with Crippen molar-refractivity contribution >= 4 is 5.78 Å². The van der Waals surface area contributed by atoms with Crippen LogP contribution >= 0.6 is 0 Å². The van der Waals surface area contributed by atoms with Crippen LogP contribution in [0.1, 0.15) is 38.4 Å². The van der Waals surface area contributed by atoms with Crippen molar-refractivity contribution in [3.63, 3.8) is 0 Å². The fourth-order valence-electron chi connectivity index (χ4n) is 1.29. The maximum absolute atomic E-state index is 12.0. The predicted octanol–water partition coefficient (Wildman–Crippen LogP) is 2.94. The molecule has 0 aliphatic rings.